The lowest BCUT2D eigenvalue weighted by Crippen LogP contribution is -2.21. The van der Waals surface area contributed by atoms with Crippen LogP contribution in [-0.4, -0.2) is 12.6 Å². The Labute approximate surface area is 124 Å². The number of carbonyl (C=O) groups excluding carboxylic acids is 1. The van der Waals surface area contributed by atoms with Gasteiger partial charge in [0.2, 0.25) is 0 Å². The molecule has 1 aliphatic rings. The Balaban J connectivity index is 2.46. The molecule has 1 aliphatic carbocycles. The zero-order valence-electron chi connectivity index (χ0n) is 13.4. The van der Waals surface area contributed by atoms with Crippen LogP contribution in [-0.2, 0) is 9.53 Å². The van der Waals surface area contributed by atoms with Gasteiger partial charge < -0.3 is 4.74 Å². The van der Waals surface area contributed by atoms with Crippen LogP contribution in [0, 0.1) is 11.8 Å². The van der Waals surface area contributed by atoms with Crippen molar-refractivity contribution in [2.24, 2.45) is 11.8 Å². The molecule has 0 aromatic carbocycles. The molecule has 0 radical (unpaired) electrons. The SMILES string of the molecule is C=C(C)C(C)CC(CCC)C(=O)OCC1=CCCCC1. The molecule has 0 fully saturated rings. The highest BCUT2D eigenvalue weighted by molar-refractivity contribution is 5.72. The molecule has 0 aliphatic heterocycles. The average molecular weight is 278 g/mol. The van der Waals surface area contributed by atoms with E-state index in [0.717, 1.165) is 37.7 Å². The maximum absolute atomic E-state index is 12.3. The van der Waals surface area contributed by atoms with Crippen molar-refractivity contribution in [1.29, 1.82) is 0 Å². The first kappa shape index (κ1) is 17.0. The van der Waals surface area contributed by atoms with Crippen molar-refractivity contribution >= 4 is 5.97 Å². The van der Waals surface area contributed by atoms with Crippen LogP contribution in [0.3, 0.4) is 0 Å². The van der Waals surface area contributed by atoms with Gasteiger partial charge in [-0.1, -0.05) is 38.5 Å². The second-order valence-electron chi connectivity index (χ2n) is 6.18. The molecule has 0 spiro atoms. The molecule has 0 amide bonds. The molecule has 20 heavy (non-hydrogen) atoms. The molecule has 0 bridgehead atoms. The van der Waals surface area contributed by atoms with Gasteiger partial charge in [-0.05, 0) is 56.9 Å². The summed E-state index contributed by atoms with van der Waals surface area (Å²) in [6.07, 6.45) is 9.76. The van der Waals surface area contributed by atoms with E-state index in [1.54, 1.807) is 0 Å². The second-order valence-corrected chi connectivity index (χ2v) is 6.18. The maximum atomic E-state index is 12.3. The molecule has 0 N–H and O–H groups in total. The number of esters is 1. The normalized spacial score (nSPS) is 18.1. The van der Waals surface area contributed by atoms with Crippen LogP contribution in [0.4, 0.5) is 0 Å². The Bertz CT molecular complexity index is 354. The maximum Gasteiger partial charge on any atom is 0.309 e. The molecule has 2 heteroatoms. The van der Waals surface area contributed by atoms with Crippen LogP contribution in [0.25, 0.3) is 0 Å². The van der Waals surface area contributed by atoms with E-state index in [2.05, 4.69) is 26.5 Å². The number of carbonyl (C=O) groups is 1. The summed E-state index contributed by atoms with van der Waals surface area (Å²) in [5.41, 5.74) is 2.45. The molecular weight excluding hydrogens is 248 g/mol. The molecule has 1 rings (SSSR count). The fourth-order valence-corrected chi connectivity index (χ4v) is 2.63. The van der Waals surface area contributed by atoms with E-state index >= 15 is 0 Å². The highest BCUT2D eigenvalue weighted by Crippen LogP contribution is 2.24. The van der Waals surface area contributed by atoms with Gasteiger partial charge in [-0.15, -0.1) is 0 Å². The molecule has 2 unspecified atom stereocenters. The molecule has 0 heterocycles. The third-order valence-corrected chi connectivity index (χ3v) is 4.23. The van der Waals surface area contributed by atoms with Crippen LogP contribution in [0.5, 0.6) is 0 Å². The zero-order valence-corrected chi connectivity index (χ0v) is 13.4. The van der Waals surface area contributed by atoms with Gasteiger partial charge in [0.05, 0.1) is 5.92 Å². The van der Waals surface area contributed by atoms with Crippen molar-refractivity contribution in [1.82, 2.24) is 0 Å². The highest BCUT2D eigenvalue weighted by atomic mass is 16.5. The molecule has 0 aromatic heterocycles. The topological polar surface area (TPSA) is 26.3 Å². The minimum atomic E-state index is -0.0218. The van der Waals surface area contributed by atoms with Gasteiger partial charge in [-0.3, -0.25) is 4.79 Å². The molecule has 0 saturated heterocycles. The van der Waals surface area contributed by atoms with Crippen molar-refractivity contribution in [3.63, 3.8) is 0 Å². The van der Waals surface area contributed by atoms with Crippen LogP contribution in [0.1, 0.15) is 65.7 Å². The lowest BCUT2D eigenvalue weighted by Gasteiger charge is -2.20. The largest absolute Gasteiger partial charge is 0.461 e. The zero-order chi connectivity index (χ0) is 15.0. The monoisotopic (exact) mass is 278 g/mol. The number of allylic oxidation sites excluding steroid dienone is 2. The average Bonchev–Trinajstić information content (AvgIpc) is 2.45. The van der Waals surface area contributed by atoms with Crippen molar-refractivity contribution in [3.05, 3.63) is 23.8 Å². The fourth-order valence-electron chi connectivity index (χ4n) is 2.63. The first-order valence-corrected chi connectivity index (χ1v) is 8.04. The van der Waals surface area contributed by atoms with E-state index in [9.17, 15) is 4.79 Å². The lowest BCUT2D eigenvalue weighted by molar-refractivity contribution is -0.148. The summed E-state index contributed by atoms with van der Waals surface area (Å²) in [5, 5.41) is 0. The van der Waals surface area contributed by atoms with E-state index in [1.807, 2.05) is 6.92 Å². The Morgan fingerprint density at radius 2 is 2.20 bits per heavy atom. The van der Waals surface area contributed by atoms with E-state index in [-0.39, 0.29) is 11.9 Å². The van der Waals surface area contributed by atoms with Crippen LogP contribution >= 0.6 is 0 Å². The molecule has 0 aromatic rings. The van der Waals surface area contributed by atoms with E-state index in [4.69, 9.17) is 4.74 Å². The Morgan fingerprint density at radius 1 is 1.45 bits per heavy atom. The smallest absolute Gasteiger partial charge is 0.309 e. The number of rotatable bonds is 8. The van der Waals surface area contributed by atoms with E-state index < -0.39 is 0 Å². The number of ether oxygens (including phenoxy) is 1. The quantitative estimate of drug-likeness (QED) is 0.459. The first-order valence-electron chi connectivity index (χ1n) is 8.04. The van der Waals surface area contributed by atoms with Gasteiger partial charge in [0.1, 0.15) is 6.61 Å². The summed E-state index contributed by atoms with van der Waals surface area (Å²) >= 11 is 0. The summed E-state index contributed by atoms with van der Waals surface area (Å²) in [6, 6.07) is 0. The number of hydrogen-bond acceptors (Lipinski definition) is 2. The lowest BCUT2D eigenvalue weighted by atomic mass is 9.89. The van der Waals surface area contributed by atoms with E-state index in [0.29, 0.717) is 12.5 Å². The van der Waals surface area contributed by atoms with Crippen molar-refractivity contribution in [2.45, 2.75) is 65.7 Å². The van der Waals surface area contributed by atoms with Crippen LogP contribution in [0.15, 0.2) is 23.8 Å². The highest BCUT2D eigenvalue weighted by Gasteiger charge is 2.22. The first-order chi connectivity index (χ1) is 9.54. The van der Waals surface area contributed by atoms with E-state index in [1.165, 1.54) is 18.4 Å². The van der Waals surface area contributed by atoms with Crippen molar-refractivity contribution in [3.8, 4) is 0 Å². The third kappa shape index (κ3) is 5.94. The van der Waals surface area contributed by atoms with Crippen molar-refractivity contribution in [2.75, 3.05) is 6.61 Å². The molecule has 2 atom stereocenters. The molecule has 2 nitrogen and oxygen atoms in total. The minimum Gasteiger partial charge on any atom is -0.461 e. The van der Waals surface area contributed by atoms with Crippen LogP contribution < -0.4 is 0 Å². The second kappa shape index (κ2) is 8.99. The third-order valence-electron chi connectivity index (χ3n) is 4.23. The van der Waals surface area contributed by atoms with Gasteiger partial charge in [0.25, 0.3) is 0 Å². The molecular formula is C18H30O2. The Kier molecular flexibility index (Phi) is 7.64. The fraction of sp³-hybridized carbons (Fsp3) is 0.722. The predicted octanol–water partition coefficient (Wildman–Crippen LogP) is 5.05. The van der Waals surface area contributed by atoms with Crippen LogP contribution in [0.2, 0.25) is 0 Å². The van der Waals surface area contributed by atoms with Gasteiger partial charge in [-0.25, -0.2) is 0 Å². The van der Waals surface area contributed by atoms with Gasteiger partial charge in [0.15, 0.2) is 0 Å². The predicted molar refractivity (Wildman–Crippen MR) is 84.5 cm³/mol. The van der Waals surface area contributed by atoms with Gasteiger partial charge in [-0.2, -0.15) is 0 Å². The minimum absolute atomic E-state index is 0.0218. The van der Waals surface area contributed by atoms with Gasteiger partial charge >= 0.3 is 5.97 Å². The summed E-state index contributed by atoms with van der Waals surface area (Å²) < 4.78 is 5.54. The summed E-state index contributed by atoms with van der Waals surface area (Å²) in [5.74, 6) is 0.385. The standard InChI is InChI=1S/C18H30O2/c1-5-9-17(12-15(4)14(2)3)18(19)20-13-16-10-7-6-8-11-16/h10,15,17H,2,5-9,11-13H2,1,3-4H3. The number of hydrogen-bond donors (Lipinski definition) is 0. The van der Waals surface area contributed by atoms with Crippen molar-refractivity contribution < 1.29 is 9.53 Å². The Morgan fingerprint density at radius 3 is 2.75 bits per heavy atom. The summed E-state index contributed by atoms with van der Waals surface area (Å²) in [6.45, 7) is 10.8. The van der Waals surface area contributed by atoms with Gasteiger partial charge in [0, 0.05) is 0 Å². The molecule has 0 saturated carbocycles. The summed E-state index contributed by atoms with van der Waals surface area (Å²) in [7, 11) is 0. The summed E-state index contributed by atoms with van der Waals surface area (Å²) in [4.78, 5) is 12.3. The Hall–Kier alpha value is -1.05. The molecule has 114 valence electrons.